The lowest BCUT2D eigenvalue weighted by Gasteiger charge is -2.09. The largest absolute Gasteiger partial charge is 0.497 e. The van der Waals surface area contributed by atoms with E-state index in [9.17, 15) is 13.2 Å². The Labute approximate surface area is 176 Å². The molecule has 6 nitrogen and oxygen atoms in total. The number of carbonyl (C=O) groups excluding carboxylic acids is 1. The standard InChI is InChI=1S/C23H24N2O4S/c1-29-21-13-7-18(8-14-21)15-16-24-23(26)19-9-11-20(12-10-19)25-17-30(27,28)22-5-3-2-4-6-22/h2-14,25H,15-17H2,1H3,(H,24,26). The summed E-state index contributed by atoms with van der Waals surface area (Å²) in [7, 11) is -1.80. The molecule has 30 heavy (non-hydrogen) atoms. The molecule has 0 aliphatic heterocycles. The number of methoxy groups -OCH3 is 1. The lowest BCUT2D eigenvalue weighted by Crippen LogP contribution is -2.25. The van der Waals surface area contributed by atoms with Crippen LogP contribution in [0.5, 0.6) is 5.75 Å². The average Bonchev–Trinajstić information content (AvgIpc) is 2.79. The van der Waals surface area contributed by atoms with E-state index in [1.165, 1.54) is 0 Å². The number of carbonyl (C=O) groups is 1. The first-order valence-corrected chi connectivity index (χ1v) is 11.2. The molecular formula is C23H24N2O4S. The topological polar surface area (TPSA) is 84.5 Å². The van der Waals surface area contributed by atoms with Crippen molar-refractivity contribution in [1.29, 1.82) is 0 Å². The molecule has 0 atom stereocenters. The highest BCUT2D eigenvalue weighted by atomic mass is 32.2. The third-order valence-electron chi connectivity index (χ3n) is 4.57. The van der Waals surface area contributed by atoms with E-state index < -0.39 is 9.84 Å². The Hall–Kier alpha value is -3.32. The predicted molar refractivity (Wildman–Crippen MR) is 118 cm³/mol. The zero-order valence-electron chi connectivity index (χ0n) is 16.7. The van der Waals surface area contributed by atoms with Crippen molar-refractivity contribution < 1.29 is 17.9 Å². The smallest absolute Gasteiger partial charge is 0.251 e. The van der Waals surface area contributed by atoms with E-state index >= 15 is 0 Å². The van der Waals surface area contributed by atoms with E-state index in [-0.39, 0.29) is 16.7 Å². The van der Waals surface area contributed by atoms with Crippen molar-refractivity contribution in [3.8, 4) is 5.75 Å². The van der Waals surface area contributed by atoms with Gasteiger partial charge in [0.1, 0.15) is 11.6 Å². The molecule has 0 aliphatic carbocycles. The maximum Gasteiger partial charge on any atom is 0.251 e. The molecule has 0 radical (unpaired) electrons. The maximum absolute atomic E-state index is 12.3. The van der Waals surface area contributed by atoms with Crippen molar-refractivity contribution in [3.63, 3.8) is 0 Å². The number of hydrogen-bond acceptors (Lipinski definition) is 5. The lowest BCUT2D eigenvalue weighted by molar-refractivity contribution is 0.0954. The summed E-state index contributed by atoms with van der Waals surface area (Å²) in [6, 6.07) is 22.7. The third-order valence-corrected chi connectivity index (χ3v) is 6.09. The van der Waals surface area contributed by atoms with Gasteiger partial charge in [0.05, 0.1) is 12.0 Å². The molecule has 0 aromatic heterocycles. The molecule has 3 aromatic carbocycles. The van der Waals surface area contributed by atoms with E-state index in [4.69, 9.17) is 4.74 Å². The van der Waals surface area contributed by atoms with E-state index in [1.807, 2.05) is 24.3 Å². The number of amides is 1. The lowest BCUT2D eigenvalue weighted by atomic mass is 10.1. The molecule has 0 unspecified atom stereocenters. The number of hydrogen-bond donors (Lipinski definition) is 2. The Bertz CT molecular complexity index is 1060. The number of nitrogens with one attached hydrogen (secondary N) is 2. The SMILES string of the molecule is COc1ccc(CCNC(=O)c2ccc(NCS(=O)(=O)c3ccccc3)cc2)cc1. The Kier molecular flexibility index (Phi) is 7.08. The van der Waals surface area contributed by atoms with Crippen LogP contribution in [0.15, 0.2) is 83.8 Å². The molecule has 3 rings (SSSR count). The van der Waals surface area contributed by atoms with E-state index in [2.05, 4.69) is 10.6 Å². The minimum atomic E-state index is -3.43. The summed E-state index contributed by atoms with van der Waals surface area (Å²) in [5, 5.41) is 5.78. The molecule has 0 aliphatic rings. The first-order valence-electron chi connectivity index (χ1n) is 9.51. The maximum atomic E-state index is 12.3. The fraction of sp³-hybridized carbons (Fsp3) is 0.174. The molecule has 156 valence electrons. The highest BCUT2D eigenvalue weighted by Crippen LogP contribution is 2.14. The van der Waals surface area contributed by atoms with Crippen LogP contribution in [0.3, 0.4) is 0 Å². The normalized spacial score (nSPS) is 11.0. The molecular weight excluding hydrogens is 400 g/mol. The number of anilines is 1. The van der Waals surface area contributed by atoms with Gasteiger partial charge in [-0.1, -0.05) is 30.3 Å². The summed E-state index contributed by atoms with van der Waals surface area (Å²) in [5.74, 6) is 0.407. The number of ether oxygens (including phenoxy) is 1. The number of rotatable bonds is 9. The van der Waals surface area contributed by atoms with E-state index in [0.29, 0.717) is 24.2 Å². The molecule has 0 saturated heterocycles. The Morgan fingerprint density at radius 3 is 2.20 bits per heavy atom. The summed E-state index contributed by atoms with van der Waals surface area (Å²) in [5.41, 5.74) is 2.25. The highest BCUT2D eigenvalue weighted by Gasteiger charge is 2.13. The van der Waals surface area contributed by atoms with Gasteiger partial charge >= 0.3 is 0 Å². The minimum Gasteiger partial charge on any atom is -0.497 e. The van der Waals surface area contributed by atoms with Crippen LogP contribution in [0.1, 0.15) is 15.9 Å². The van der Waals surface area contributed by atoms with Crippen molar-refractivity contribution in [3.05, 3.63) is 90.0 Å². The molecule has 1 amide bonds. The Morgan fingerprint density at radius 1 is 0.900 bits per heavy atom. The molecule has 0 fully saturated rings. The van der Waals surface area contributed by atoms with Crippen LogP contribution in [-0.2, 0) is 16.3 Å². The molecule has 0 spiro atoms. The van der Waals surface area contributed by atoms with Crippen molar-refractivity contribution in [2.24, 2.45) is 0 Å². The first-order chi connectivity index (χ1) is 14.5. The monoisotopic (exact) mass is 424 g/mol. The summed E-state index contributed by atoms with van der Waals surface area (Å²) in [6.07, 6.45) is 0.715. The zero-order chi connectivity index (χ0) is 21.4. The molecule has 0 heterocycles. The van der Waals surface area contributed by atoms with Gasteiger partial charge in [-0.05, 0) is 60.5 Å². The third kappa shape index (κ3) is 5.84. The Balaban J connectivity index is 1.49. The van der Waals surface area contributed by atoms with Crippen LogP contribution in [-0.4, -0.2) is 33.9 Å². The van der Waals surface area contributed by atoms with Gasteiger partial charge in [0.15, 0.2) is 9.84 Å². The van der Waals surface area contributed by atoms with Gasteiger partial charge in [-0.15, -0.1) is 0 Å². The van der Waals surface area contributed by atoms with Gasteiger partial charge in [0, 0.05) is 17.8 Å². The summed E-state index contributed by atoms with van der Waals surface area (Å²) in [6.45, 7) is 0.514. The second-order valence-corrected chi connectivity index (χ2v) is 8.67. The summed E-state index contributed by atoms with van der Waals surface area (Å²) in [4.78, 5) is 12.6. The van der Waals surface area contributed by atoms with E-state index in [1.54, 1.807) is 61.7 Å². The van der Waals surface area contributed by atoms with Gasteiger partial charge in [0.2, 0.25) is 0 Å². The second kappa shape index (κ2) is 9.93. The van der Waals surface area contributed by atoms with Gasteiger partial charge in [0.25, 0.3) is 5.91 Å². The fourth-order valence-electron chi connectivity index (χ4n) is 2.84. The zero-order valence-corrected chi connectivity index (χ0v) is 17.5. The molecule has 3 aromatic rings. The van der Waals surface area contributed by atoms with Crippen LogP contribution < -0.4 is 15.4 Å². The van der Waals surface area contributed by atoms with Gasteiger partial charge in [-0.25, -0.2) is 8.42 Å². The molecule has 0 saturated carbocycles. The van der Waals surface area contributed by atoms with Crippen LogP contribution in [0.25, 0.3) is 0 Å². The van der Waals surface area contributed by atoms with Crippen LogP contribution in [0, 0.1) is 0 Å². The summed E-state index contributed by atoms with van der Waals surface area (Å²) < 4.78 is 29.8. The first kappa shape index (κ1) is 21.4. The van der Waals surface area contributed by atoms with Crippen molar-refractivity contribution >= 4 is 21.4 Å². The van der Waals surface area contributed by atoms with Gasteiger partial charge < -0.3 is 15.4 Å². The Morgan fingerprint density at radius 2 is 1.57 bits per heavy atom. The van der Waals surface area contributed by atoms with Gasteiger partial charge in [-0.2, -0.15) is 0 Å². The van der Waals surface area contributed by atoms with Crippen molar-refractivity contribution in [2.75, 3.05) is 24.8 Å². The second-order valence-electron chi connectivity index (χ2n) is 6.68. The quantitative estimate of drug-likeness (QED) is 0.549. The number of benzene rings is 3. The average molecular weight is 425 g/mol. The van der Waals surface area contributed by atoms with Crippen molar-refractivity contribution in [2.45, 2.75) is 11.3 Å². The molecule has 2 N–H and O–H groups in total. The van der Waals surface area contributed by atoms with Crippen LogP contribution in [0.2, 0.25) is 0 Å². The number of sulfone groups is 1. The molecule has 0 bridgehead atoms. The fourth-order valence-corrected chi connectivity index (χ4v) is 3.94. The van der Waals surface area contributed by atoms with Gasteiger partial charge in [-0.3, -0.25) is 4.79 Å². The molecule has 7 heteroatoms. The van der Waals surface area contributed by atoms with Crippen LogP contribution in [0.4, 0.5) is 5.69 Å². The predicted octanol–water partition coefficient (Wildman–Crippen LogP) is 3.51. The van der Waals surface area contributed by atoms with Crippen molar-refractivity contribution in [1.82, 2.24) is 5.32 Å². The summed E-state index contributed by atoms with van der Waals surface area (Å²) >= 11 is 0. The van der Waals surface area contributed by atoms with E-state index in [0.717, 1.165) is 11.3 Å². The minimum absolute atomic E-state index is 0.174. The van der Waals surface area contributed by atoms with Crippen LogP contribution >= 0.6 is 0 Å². The highest BCUT2D eigenvalue weighted by molar-refractivity contribution is 7.91.